The Kier molecular flexibility index (Phi) is 5.03. The molecule has 0 bridgehead atoms. The van der Waals surface area contributed by atoms with E-state index >= 15 is 0 Å². The molecule has 0 heterocycles. The maximum atomic E-state index is 11.4. The number of carboxylic acids is 1. The molecular weight excluding hydrogens is 238 g/mol. The summed E-state index contributed by atoms with van der Waals surface area (Å²) in [5.74, 6) is -1.08. The van der Waals surface area contributed by atoms with Crippen LogP contribution in [-0.4, -0.2) is 28.8 Å². The van der Waals surface area contributed by atoms with Crippen LogP contribution in [0.3, 0.4) is 0 Å². The van der Waals surface area contributed by atoms with Crippen molar-refractivity contribution < 1.29 is 14.7 Å². The van der Waals surface area contributed by atoms with Crippen molar-refractivity contribution in [3.8, 4) is 0 Å². The highest BCUT2D eigenvalue weighted by Gasteiger charge is 2.13. The second kappa shape index (κ2) is 6.30. The fraction of sp³-hybridized carbons (Fsp3) is 0.333. The van der Waals surface area contributed by atoms with Gasteiger partial charge in [-0.15, -0.1) is 11.8 Å². The smallest absolute Gasteiger partial charge is 0.325 e. The van der Waals surface area contributed by atoms with Crippen molar-refractivity contribution >= 4 is 23.6 Å². The first-order chi connectivity index (χ1) is 7.99. The van der Waals surface area contributed by atoms with Crippen LogP contribution in [0.4, 0.5) is 0 Å². The Balaban J connectivity index is 2.38. The highest BCUT2D eigenvalue weighted by atomic mass is 32.2. The summed E-state index contributed by atoms with van der Waals surface area (Å²) in [5, 5.41) is 11.0. The number of carbonyl (C=O) groups is 2. The molecular formula is C12H15NO3S. The van der Waals surface area contributed by atoms with Gasteiger partial charge in [-0.25, -0.2) is 0 Å². The summed E-state index contributed by atoms with van der Waals surface area (Å²) in [7, 11) is 0. The zero-order valence-electron chi connectivity index (χ0n) is 9.77. The zero-order valence-corrected chi connectivity index (χ0v) is 10.6. The van der Waals surface area contributed by atoms with Crippen LogP contribution in [-0.2, 0) is 9.59 Å². The summed E-state index contributed by atoms with van der Waals surface area (Å²) in [6.07, 6.45) is 0. The van der Waals surface area contributed by atoms with Crippen LogP contribution in [0.2, 0.25) is 0 Å². The Bertz CT molecular complexity index is 403. The van der Waals surface area contributed by atoms with Crippen molar-refractivity contribution in [2.45, 2.75) is 24.8 Å². The number of aryl methyl sites for hydroxylation is 1. The second-order valence-corrected chi connectivity index (χ2v) is 4.78. The van der Waals surface area contributed by atoms with Crippen LogP contribution in [0.1, 0.15) is 12.5 Å². The molecule has 0 aliphatic rings. The average Bonchev–Trinajstić information content (AvgIpc) is 2.28. The predicted octanol–water partition coefficient (Wildman–Crippen LogP) is 1.68. The SMILES string of the molecule is Cc1ccc(SCC(=O)NC(C)C(=O)O)cc1. The van der Waals surface area contributed by atoms with Crippen molar-refractivity contribution in [3.63, 3.8) is 0 Å². The Morgan fingerprint density at radius 3 is 2.47 bits per heavy atom. The van der Waals surface area contributed by atoms with Gasteiger partial charge in [-0.1, -0.05) is 17.7 Å². The fourth-order valence-electron chi connectivity index (χ4n) is 1.13. The summed E-state index contributed by atoms with van der Waals surface area (Å²) in [6, 6.07) is 6.98. The Morgan fingerprint density at radius 1 is 1.35 bits per heavy atom. The van der Waals surface area contributed by atoms with E-state index < -0.39 is 12.0 Å². The van der Waals surface area contributed by atoms with E-state index in [0.717, 1.165) is 4.90 Å². The van der Waals surface area contributed by atoms with Crippen molar-refractivity contribution in [3.05, 3.63) is 29.8 Å². The number of benzene rings is 1. The van der Waals surface area contributed by atoms with Crippen LogP contribution < -0.4 is 5.32 Å². The van der Waals surface area contributed by atoms with Gasteiger partial charge in [0.2, 0.25) is 5.91 Å². The third-order valence-corrected chi connectivity index (χ3v) is 3.15. The quantitative estimate of drug-likeness (QED) is 0.783. The van der Waals surface area contributed by atoms with E-state index in [-0.39, 0.29) is 11.7 Å². The number of hydrogen-bond donors (Lipinski definition) is 2. The highest BCUT2D eigenvalue weighted by molar-refractivity contribution is 8.00. The van der Waals surface area contributed by atoms with E-state index in [1.807, 2.05) is 31.2 Å². The van der Waals surface area contributed by atoms with E-state index in [1.165, 1.54) is 24.2 Å². The molecule has 1 aromatic carbocycles. The first-order valence-electron chi connectivity index (χ1n) is 5.20. The number of carbonyl (C=O) groups excluding carboxylic acids is 1. The molecule has 0 saturated heterocycles. The van der Waals surface area contributed by atoms with E-state index in [9.17, 15) is 9.59 Å². The fourth-order valence-corrected chi connectivity index (χ4v) is 1.84. The van der Waals surface area contributed by atoms with E-state index in [4.69, 9.17) is 5.11 Å². The summed E-state index contributed by atoms with van der Waals surface area (Å²) < 4.78 is 0. The van der Waals surface area contributed by atoms with Crippen molar-refractivity contribution in [1.29, 1.82) is 0 Å². The van der Waals surface area contributed by atoms with Gasteiger partial charge in [-0.05, 0) is 26.0 Å². The molecule has 0 aromatic heterocycles. The molecule has 5 heteroatoms. The molecule has 1 amide bonds. The maximum absolute atomic E-state index is 11.4. The van der Waals surface area contributed by atoms with Crippen LogP contribution in [0.25, 0.3) is 0 Å². The molecule has 0 saturated carbocycles. The van der Waals surface area contributed by atoms with Crippen molar-refractivity contribution in [2.75, 3.05) is 5.75 Å². The summed E-state index contributed by atoms with van der Waals surface area (Å²) >= 11 is 1.39. The minimum Gasteiger partial charge on any atom is -0.480 e. The average molecular weight is 253 g/mol. The van der Waals surface area contributed by atoms with E-state index in [1.54, 1.807) is 0 Å². The van der Waals surface area contributed by atoms with Gasteiger partial charge in [0, 0.05) is 4.90 Å². The van der Waals surface area contributed by atoms with Gasteiger partial charge in [0.25, 0.3) is 0 Å². The number of rotatable bonds is 5. The number of thioether (sulfide) groups is 1. The van der Waals surface area contributed by atoms with Gasteiger partial charge in [-0.2, -0.15) is 0 Å². The summed E-state index contributed by atoms with van der Waals surface area (Å²) in [6.45, 7) is 3.44. The lowest BCUT2D eigenvalue weighted by molar-refractivity contribution is -0.140. The molecule has 1 rings (SSSR count). The molecule has 1 atom stereocenters. The van der Waals surface area contributed by atoms with Crippen molar-refractivity contribution in [1.82, 2.24) is 5.32 Å². The standard InChI is InChI=1S/C12H15NO3S/c1-8-3-5-10(6-4-8)17-7-11(14)13-9(2)12(15)16/h3-6,9H,7H2,1-2H3,(H,13,14)(H,15,16). The molecule has 0 radical (unpaired) electrons. The van der Waals surface area contributed by atoms with Gasteiger partial charge < -0.3 is 10.4 Å². The Morgan fingerprint density at radius 2 is 1.94 bits per heavy atom. The minimum atomic E-state index is -1.03. The third kappa shape index (κ3) is 4.91. The predicted molar refractivity (Wildman–Crippen MR) is 67.1 cm³/mol. The molecule has 1 unspecified atom stereocenters. The zero-order chi connectivity index (χ0) is 12.8. The second-order valence-electron chi connectivity index (χ2n) is 3.73. The number of aliphatic carboxylic acids is 1. The van der Waals surface area contributed by atoms with Crippen LogP contribution in [0.5, 0.6) is 0 Å². The molecule has 92 valence electrons. The maximum Gasteiger partial charge on any atom is 0.325 e. The number of amides is 1. The normalized spacial score (nSPS) is 11.9. The molecule has 0 aliphatic carbocycles. The van der Waals surface area contributed by atoms with E-state index in [0.29, 0.717) is 0 Å². The molecule has 0 aliphatic heterocycles. The van der Waals surface area contributed by atoms with Gasteiger partial charge >= 0.3 is 5.97 Å². The third-order valence-electron chi connectivity index (χ3n) is 2.14. The molecule has 1 aromatic rings. The lowest BCUT2D eigenvalue weighted by Crippen LogP contribution is -2.39. The lowest BCUT2D eigenvalue weighted by Gasteiger charge is -2.08. The molecule has 4 nitrogen and oxygen atoms in total. The largest absolute Gasteiger partial charge is 0.480 e. The summed E-state index contributed by atoms with van der Waals surface area (Å²) in [4.78, 5) is 22.9. The molecule has 17 heavy (non-hydrogen) atoms. The highest BCUT2D eigenvalue weighted by Crippen LogP contribution is 2.17. The molecule has 0 fully saturated rings. The van der Waals surface area contributed by atoms with Gasteiger partial charge in [-0.3, -0.25) is 9.59 Å². The molecule has 0 spiro atoms. The lowest BCUT2D eigenvalue weighted by atomic mass is 10.2. The van der Waals surface area contributed by atoms with Gasteiger partial charge in [0.05, 0.1) is 5.75 Å². The number of hydrogen-bond acceptors (Lipinski definition) is 3. The first kappa shape index (κ1) is 13.6. The van der Waals surface area contributed by atoms with Crippen LogP contribution in [0.15, 0.2) is 29.2 Å². The topological polar surface area (TPSA) is 66.4 Å². The monoisotopic (exact) mass is 253 g/mol. The molecule has 2 N–H and O–H groups in total. The van der Waals surface area contributed by atoms with Gasteiger partial charge in [0.15, 0.2) is 0 Å². The van der Waals surface area contributed by atoms with Crippen LogP contribution in [0, 0.1) is 6.92 Å². The minimum absolute atomic E-state index is 0.223. The Hall–Kier alpha value is -1.49. The van der Waals surface area contributed by atoms with Gasteiger partial charge in [0.1, 0.15) is 6.04 Å². The first-order valence-corrected chi connectivity index (χ1v) is 6.19. The number of nitrogens with one attached hydrogen (secondary N) is 1. The van der Waals surface area contributed by atoms with Crippen molar-refractivity contribution in [2.24, 2.45) is 0 Å². The Labute approximate surface area is 104 Å². The number of carboxylic acid groups (broad SMARTS) is 1. The van der Waals surface area contributed by atoms with Crippen LogP contribution >= 0.6 is 11.8 Å². The summed E-state index contributed by atoms with van der Waals surface area (Å²) in [5.41, 5.74) is 1.17. The van der Waals surface area contributed by atoms with E-state index in [2.05, 4.69) is 5.32 Å².